The van der Waals surface area contributed by atoms with Crippen molar-refractivity contribution in [2.75, 3.05) is 5.32 Å². The van der Waals surface area contributed by atoms with Crippen LogP contribution in [0, 0.1) is 0 Å². The maximum absolute atomic E-state index is 11.9. The molecule has 1 heterocycles. The summed E-state index contributed by atoms with van der Waals surface area (Å²) in [6.07, 6.45) is 1.13. The van der Waals surface area contributed by atoms with Gasteiger partial charge in [0.15, 0.2) is 8.32 Å². The van der Waals surface area contributed by atoms with Gasteiger partial charge in [0.2, 0.25) is 0 Å². The molecule has 0 atom stereocenters. The SMILES string of the molecule is CC(C)(C)OC(=O)Nc1ncccc1CO[Si](C)(C)C(C)(C)C. The lowest BCUT2D eigenvalue weighted by Crippen LogP contribution is -2.40. The number of carbonyl (C=O) groups excluding carboxylic acids is 1. The molecule has 1 aromatic heterocycles. The molecule has 0 radical (unpaired) electrons. The minimum Gasteiger partial charge on any atom is -0.444 e. The fourth-order valence-corrected chi connectivity index (χ4v) is 2.49. The van der Waals surface area contributed by atoms with Gasteiger partial charge in [0.1, 0.15) is 11.4 Å². The van der Waals surface area contributed by atoms with Crippen LogP contribution in [0.15, 0.2) is 18.3 Å². The van der Waals surface area contributed by atoms with Crippen molar-refractivity contribution in [1.82, 2.24) is 4.98 Å². The van der Waals surface area contributed by atoms with E-state index in [4.69, 9.17) is 9.16 Å². The van der Waals surface area contributed by atoms with Gasteiger partial charge in [-0.3, -0.25) is 5.32 Å². The van der Waals surface area contributed by atoms with Gasteiger partial charge in [-0.1, -0.05) is 26.8 Å². The van der Waals surface area contributed by atoms with Crippen LogP contribution >= 0.6 is 0 Å². The molecule has 1 N–H and O–H groups in total. The number of anilines is 1. The molecule has 0 bridgehead atoms. The van der Waals surface area contributed by atoms with Gasteiger partial charge in [0, 0.05) is 11.8 Å². The van der Waals surface area contributed by atoms with Crippen molar-refractivity contribution in [3.63, 3.8) is 0 Å². The van der Waals surface area contributed by atoms with Gasteiger partial charge in [-0.05, 0) is 45.0 Å². The van der Waals surface area contributed by atoms with Crippen LogP contribution < -0.4 is 5.32 Å². The molecule has 0 saturated heterocycles. The number of aromatic nitrogens is 1. The van der Waals surface area contributed by atoms with Gasteiger partial charge >= 0.3 is 6.09 Å². The van der Waals surface area contributed by atoms with E-state index >= 15 is 0 Å². The van der Waals surface area contributed by atoms with E-state index in [1.165, 1.54) is 0 Å². The second-order valence-electron chi connectivity index (χ2n) is 8.19. The van der Waals surface area contributed by atoms with Crippen molar-refractivity contribution in [3.05, 3.63) is 23.9 Å². The first-order valence-corrected chi connectivity index (χ1v) is 10.8. The summed E-state index contributed by atoms with van der Waals surface area (Å²) in [4.78, 5) is 16.2. The Hall–Kier alpha value is -1.40. The first kappa shape index (κ1) is 19.6. The maximum Gasteiger partial charge on any atom is 0.413 e. The van der Waals surface area contributed by atoms with Crippen molar-refractivity contribution in [2.24, 2.45) is 0 Å². The lowest BCUT2D eigenvalue weighted by molar-refractivity contribution is 0.0635. The van der Waals surface area contributed by atoms with E-state index in [-0.39, 0.29) is 5.04 Å². The lowest BCUT2D eigenvalue weighted by atomic mass is 10.2. The van der Waals surface area contributed by atoms with E-state index in [0.717, 1.165) is 5.56 Å². The molecule has 0 aliphatic carbocycles. The molecule has 1 aromatic rings. The summed E-state index contributed by atoms with van der Waals surface area (Å²) in [6.45, 7) is 16.9. The summed E-state index contributed by atoms with van der Waals surface area (Å²) < 4.78 is 11.5. The van der Waals surface area contributed by atoms with Gasteiger partial charge in [-0.2, -0.15) is 0 Å². The predicted molar refractivity (Wildman–Crippen MR) is 96.1 cm³/mol. The monoisotopic (exact) mass is 338 g/mol. The Morgan fingerprint density at radius 1 is 1.22 bits per heavy atom. The van der Waals surface area contributed by atoms with E-state index in [1.54, 1.807) is 6.20 Å². The molecule has 130 valence electrons. The van der Waals surface area contributed by atoms with E-state index in [2.05, 4.69) is 44.2 Å². The number of carbonyl (C=O) groups is 1. The first-order chi connectivity index (χ1) is 10.3. The number of hydrogen-bond donors (Lipinski definition) is 1. The third-order valence-electron chi connectivity index (χ3n) is 3.91. The molecule has 0 aliphatic rings. The summed E-state index contributed by atoms with van der Waals surface area (Å²) >= 11 is 0. The Balaban J connectivity index is 2.81. The highest BCUT2D eigenvalue weighted by Crippen LogP contribution is 2.37. The van der Waals surface area contributed by atoms with Gasteiger partial charge in [0.05, 0.1) is 6.61 Å². The van der Waals surface area contributed by atoms with Crippen LogP contribution in [0.2, 0.25) is 18.1 Å². The van der Waals surface area contributed by atoms with Crippen molar-refractivity contribution in [2.45, 2.75) is 71.9 Å². The smallest absolute Gasteiger partial charge is 0.413 e. The van der Waals surface area contributed by atoms with Crippen LogP contribution in [0.1, 0.15) is 47.1 Å². The van der Waals surface area contributed by atoms with Crippen molar-refractivity contribution >= 4 is 20.2 Å². The average Bonchev–Trinajstić information content (AvgIpc) is 2.34. The summed E-state index contributed by atoms with van der Waals surface area (Å²) in [6, 6.07) is 3.75. The van der Waals surface area contributed by atoms with Crippen LogP contribution in [-0.2, 0) is 15.8 Å². The summed E-state index contributed by atoms with van der Waals surface area (Å²) in [5.74, 6) is 0.487. The molecule has 1 amide bonds. The zero-order chi connectivity index (χ0) is 17.9. The van der Waals surface area contributed by atoms with Crippen LogP contribution in [0.5, 0.6) is 0 Å². The van der Waals surface area contributed by atoms with Crippen LogP contribution in [-0.4, -0.2) is 25.0 Å². The number of pyridine rings is 1. The van der Waals surface area contributed by atoms with Crippen LogP contribution in [0.3, 0.4) is 0 Å². The summed E-state index contributed by atoms with van der Waals surface area (Å²) in [5, 5.41) is 2.84. The highest BCUT2D eigenvalue weighted by molar-refractivity contribution is 6.74. The molecule has 0 unspecified atom stereocenters. The molecule has 6 heteroatoms. The van der Waals surface area contributed by atoms with Crippen molar-refractivity contribution in [1.29, 1.82) is 0 Å². The molecule has 0 aliphatic heterocycles. The molecule has 5 nitrogen and oxygen atoms in total. The molecule has 23 heavy (non-hydrogen) atoms. The number of amides is 1. The van der Waals surface area contributed by atoms with E-state index < -0.39 is 20.0 Å². The lowest BCUT2D eigenvalue weighted by Gasteiger charge is -2.36. The standard InChI is InChI=1S/C17H30N2O3Si/c1-16(2,3)22-15(20)19-14-13(10-9-11-18-14)12-21-23(7,8)17(4,5)6/h9-11H,12H2,1-8H3,(H,18,19,20). The Morgan fingerprint density at radius 2 is 1.83 bits per heavy atom. The topological polar surface area (TPSA) is 60.5 Å². The molecule has 0 spiro atoms. The Bertz CT molecular complexity index is 546. The van der Waals surface area contributed by atoms with Gasteiger partial charge in [-0.25, -0.2) is 9.78 Å². The maximum atomic E-state index is 11.9. The predicted octanol–water partition coefficient (Wildman–Crippen LogP) is 4.95. The largest absolute Gasteiger partial charge is 0.444 e. The highest BCUT2D eigenvalue weighted by atomic mass is 28.4. The first-order valence-electron chi connectivity index (χ1n) is 7.90. The minimum atomic E-state index is -1.86. The Kier molecular flexibility index (Phi) is 5.98. The second-order valence-corrected chi connectivity index (χ2v) is 13.0. The summed E-state index contributed by atoms with van der Waals surface area (Å²) in [5.41, 5.74) is 0.305. The van der Waals surface area contributed by atoms with E-state index in [0.29, 0.717) is 12.4 Å². The van der Waals surface area contributed by atoms with Crippen molar-refractivity contribution in [3.8, 4) is 0 Å². The average molecular weight is 339 g/mol. The van der Waals surface area contributed by atoms with Gasteiger partial charge in [-0.15, -0.1) is 0 Å². The normalized spacial score (nSPS) is 12.9. The number of ether oxygens (including phenoxy) is 1. The van der Waals surface area contributed by atoms with Crippen molar-refractivity contribution < 1.29 is 14.0 Å². The van der Waals surface area contributed by atoms with Crippen LogP contribution in [0.25, 0.3) is 0 Å². The van der Waals surface area contributed by atoms with E-state index in [1.807, 2.05) is 32.9 Å². The van der Waals surface area contributed by atoms with E-state index in [9.17, 15) is 4.79 Å². The Morgan fingerprint density at radius 3 is 2.35 bits per heavy atom. The van der Waals surface area contributed by atoms with Gasteiger partial charge in [0.25, 0.3) is 0 Å². The zero-order valence-electron chi connectivity index (χ0n) is 15.6. The second kappa shape index (κ2) is 7.01. The molecule has 0 aromatic carbocycles. The number of nitrogens with zero attached hydrogens (tertiary/aromatic N) is 1. The Labute approximate surface area is 140 Å². The number of nitrogens with one attached hydrogen (secondary N) is 1. The van der Waals surface area contributed by atoms with Crippen LogP contribution in [0.4, 0.5) is 10.6 Å². The number of rotatable bonds is 4. The molecular formula is C17H30N2O3Si. The third-order valence-corrected chi connectivity index (χ3v) is 8.38. The van der Waals surface area contributed by atoms with Gasteiger partial charge < -0.3 is 9.16 Å². The highest BCUT2D eigenvalue weighted by Gasteiger charge is 2.37. The quantitative estimate of drug-likeness (QED) is 0.789. The molecule has 0 saturated carbocycles. The number of hydrogen-bond acceptors (Lipinski definition) is 4. The molecular weight excluding hydrogens is 308 g/mol. The molecule has 0 fully saturated rings. The summed E-state index contributed by atoms with van der Waals surface area (Å²) in [7, 11) is -1.86. The fraction of sp³-hybridized carbons (Fsp3) is 0.647. The molecule has 1 rings (SSSR count). The fourth-order valence-electron chi connectivity index (χ4n) is 1.54. The third kappa shape index (κ3) is 6.31. The minimum absolute atomic E-state index is 0.133. The zero-order valence-corrected chi connectivity index (χ0v) is 16.6.